The molecule has 2 heteroatoms. The van der Waals surface area contributed by atoms with Crippen molar-refractivity contribution in [1.29, 1.82) is 0 Å². The Kier molecular flexibility index (Phi) is 1.90. The largest absolute Gasteiger partial charge is 0.290 e. The van der Waals surface area contributed by atoms with Crippen LogP contribution in [0, 0.1) is 0 Å². The van der Waals surface area contributed by atoms with E-state index in [2.05, 4.69) is 12.6 Å². The van der Waals surface area contributed by atoms with Crippen molar-refractivity contribution in [2.45, 2.75) is 4.90 Å². The predicted molar refractivity (Wildman–Crippen MR) is 40.0 cm³/mol. The number of hydrogen-bond donors (Lipinski definition) is 1. The SMILES string of the molecule is O=c1ccccc(S)c1. The van der Waals surface area contributed by atoms with E-state index in [0.29, 0.717) is 4.90 Å². The maximum absolute atomic E-state index is 10.6. The quantitative estimate of drug-likeness (QED) is 0.535. The Bertz CT molecular complexity index is 257. The van der Waals surface area contributed by atoms with Crippen molar-refractivity contribution in [3.05, 3.63) is 40.6 Å². The molecule has 0 aliphatic heterocycles. The number of rotatable bonds is 0. The Morgan fingerprint density at radius 3 is 2.67 bits per heavy atom. The first-order chi connectivity index (χ1) is 4.29. The van der Waals surface area contributed by atoms with Crippen molar-refractivity contribution < 1.29 is 0 Å². The highest BCUT2D eigenvalue weighted by molar-refractivity contribution is 7.80. The molecule has 46 valence electrons. The minimum atomic E-state index is -0.00926. The third-order valence-electron chi connectivity index (χ3n) is 0.929. The molecule has 0 radical (unpaired) electrons. The van der Waals surface area contributed by atoms with Crippen molar-refractivity contribution >= 4 is 12.6 Å². The summed E-state index contributed by atoms with van der Waals surface area (Å²) < 4.78 is 0. The monoisotopic (exact) mass is 138 g/mol. The molecule has 9 heavy (non-hydrogen) atoms. The smallest absolute Gasteiger partial charge is 0.179 e. The van der Waals surface area contributed by atoms with Crippen LogP contribution in [-0.2, 0) is 0 Å². The van der Waals surface area contributed by atoms with Gasteiger partial charge in [0.2, 0.25) is 0 Å². The van der Waals surface area contributed by atoms with Crippen LogP contribution in [-0.4, -0.2) is 0 Å². The number of thiol groups is 1. The molecular weight excluding hydrogens is 132 g/mol. The van der Waals surface area contributed by atoms with Gasteiger partial charge >= 0.3 is 0 Å². The summed E-state index contributed by atoms with van der Waals surface area (Å²) >= 11 is 4.00. The van der Waals surface area contributed by atoms with Gasteiger partial charge in [-0.15, -0.1) is 12.6 Å². The first kappa shape index (κ1) is 6.36. The van der Waals surface area contributed by atoms with Crippen molar-refractivity contribution in [3.63, 3.8) is 0 Å². The molecule has 1 aromatic carbocycles. The molecule has 0 aliphatic rings. The molecule has 1 nitrogen and oxygen atoms in total. The zero-order valence-electron chi connectivity index (χ0n) is 4.74. The van der Waals surface area contributed by atoms with Gasteiger partial charge in [-0.1, -0.05) is 12.1 Å². The summed E-state index contributed by atoms with van der Waals surface area (Å²) in [6, 6.07) is 8.22. The van der Waals surface area contributed by atoms with E-state index in [1.165, 1.54) is 12.1 Å². The zero-order chi connectivity index (χ0) is 6.69. The van der Waals surface area contributed by atoms with Crippen LogP contribution >= 0.6 is 12.6 Å². The molecule has 1 aromatic rings. The molecule has 1 rings (SSSR count). The van der Waals surface area contributed by atoms with Gasteiger partial charge in [0.25, 0.3) is 0 Å². The second kappa shape index (κ2) is 2.69. The Morgan fingerprint density at radius 2 is 1.89 bits per heavy atom. The van der Waals surface area contributed by atoms with Gasteiger partial charge < -0.3 is 0 Å². The Morgan fingerprint density at radius 1 is 1.22 bits per heavy atom. The fourth-order valence-corrected chi connectivity index (χ4v) is 0.760. The minimum absolute atomic E-state index is 0.00926. The zero-order valence-corrected chi connectivity index (χ0v) is 5.64. The molecule has 0 aliphatic carbocycles. The Hall–Kier alpha value is -0.760. The summed E-state index contributed by atoms with van der Waals surface area (Å²) in [5, 5.41) is 0. The summed E-state index contributed by atoms with van der Waals surface area (Å²) in [5.74, 6) is 0. The molecule has 0 unspecified atom stereocenters. The lowest BCUT2D eigenvalue weighted by molar-refractivity contribution is 1.50. The van der Waals surface area contributed by atoms with E-state index in [0.717, 1.165) is 0 Å². The van der Waals surface area contributed by atoms with Gasteiger partial charge in [-0.2, -0.15) is 0 Å². The van der Waals surface area contributed by atoms with Crippen LogP contribution in [0.5, 0.6) is 0 Å². The fourth-order valence-electron chi connectivity index (χ4n) is 0.547. The normalized spacial score (nSPS) is 9.00. The van der Waals surface area contributed by atoms with Gasteiger partial charge in [-0.05, 0) is 18.2 Å². The lowest BCUT2D eigenvalue weighted by atomic mass is 10.5. The van der Waals surface area contributed by atoms with Gasteiger partial charge in [0.05, 0.1) is 0 Å². The maximum Gasteiger partial charge on any atom is 0.179 e. The van der Waals surface area contributed by atoms with Crippen molar-refractivity contribution in [2.24, 2.45) is 0 Å². The van der Waals surface area contributed by atoms with Gasteiger partial charge in [-0.3, -0.25) is 4.79 Å². The predicted octanol–water partition coefficient (Wildman–Crippen LogP) is 1.34. The average Bonchev–Trinajstić information content (AvgIpc) is 1.93. The summed E-state index contributed by atoms with van der Waals surface area (Å²) in [6.45, 7) is 0. The number of hydrogen-bond acceptors (Lipinski definition) is 2. The lowest BCUT2D eigenvalue weighted by Gasteiger charge is -1.73. The van der Waals surface area contributed by atoms with Crippen LogP contribution in [0.15, 0.2) is 40.0 Å². The van der Waals surface area contributed by atoms with Crippen LogP contribution in [0.1, 0.15) is 0 Å². The summed E-state index contributed by atoms with van der Waals surface area (Å²) in [6.07, 6.45) is 0. The first-order valence-electron chi connectivity index (χ1n) is 2.58. The molecule has 0 amide bonds. The standard InChI is InChI=1S/C7H6OS/c8-6-3-1-2-4-7(9)5-6/h1-5,9H. The van der Waals surface area contributed by atoms with Crippen LogP contribution in [0.4, 0.5) is 0 Å². The van der Waals surface area contributed by atoms with Crippen molar-refractivity contribution in [1.82, 2.24) is 0 Å². The Balaban J connectivity index is 3.37. The average molecular weight is 138 g/mol. The maximum atomic E-state index is 10.6. The second-order valence-electron chi connectivity index (χ2n) is 1.69. The highest BCUT2D eigenvalue weighted by Crippen LogP contribution is 1.96. The van der Waals surface area contributed by atoms with E-state index < -0.39 is 0 Å². The summed E-state index contributed by atoms with van der Waals surface area (Å²) in [7, 11) is 0. The third-order valence-corrected chi connectivity index (χ3v) is 1.21. The van der Waals surface area contributed by atoms with E-state index in [4.69, 9.17) is 0 Å². The van der Waals surface area contributed by atoms with E-state index in [1.54, 1.807) is 18.2 Å². The van der Waals surface area contributed by atoms with E-state index in [9.17, 15) is 4.79 Å². The first-order valence-corrected chi connectivity index (χ1v) is 3.03. The molecule has 0 heterocycles. The van der Waals surface area contributed by atoms with Crippen molar-refractivity contribution in [3.8, 4) is 0 Å². The molecule has 0 saturated carbocycles. The topological polar surface area (TPSA) is 17.1 Å². The lowest BCUT2D eigenvalue weighted by Crippen LogP contribution is -1.88. The van der Waals surface area contributed by atoms with Gasteiger partial charge in [-0.25, -0.2) is 0 Å². The third kappa shape index (κ3) is 1.90. The molecule has 0 bridgehead atoms. The van der Waals surface area contributed by atoms with Gasteiger partial charge in [0.1, 0.15) is 0 Å². The van der Waals surface area contributed by atoms with Crippen LogP contribution in [0.3, 0.4) is 0 Å². The highest BCUT2D eigenvalue weighted by Gasteiger charge is 1.79. The molecule has 0 spiro atoms. The molecule has 0 aromatic heterocycles. The van der Waals surface area contributed by atoms with Gasteiger partial charge in [0.15, 0.2) is 5.43 Å². The van der Waals surface area contributed by atoms with Gasteiger partial charge in [0, 0.05) is 4.90 Å². The molecule has 0 atom stereocenters. The van der Waals surface area contributed by atoms with Crippen LogP contribution < -0.4 is 5.43 Å². The van der Waals surface area contributed by atoms with Crippen molar-refractivity contribution in [2.75, 3.05) is 0 Å². The van der Waals surface area contributed by atoms with E-state index in [-0.39, 0.29) is 5.43 Å². The van der Waals surface area contributed by atoms with E-state index >= 15 is 0 Å². The fraction of sp³-hybridized carbons (Fsp3) is 0. The highest BCUT2D eigenvalue weighted by atomic mass is 32.1. The van der Waals surface area contributed by atoms with Crippen LogP contribution in [0.2, 0.25) is 0 Å². The van der Waals surface area contributed by atoms with E-state index in [1.807, 2.05) is 0 Å². The minimum Gasteiger partial charge on any atom is -0.290 e. The molecular formula is C7H6OS. The molecule has 0 N–H and O–H groups in total. The Labute approximate surface area is 58.8 Å². The molecule has 0 fully saturated rings. The molecule has 0 saturated heterocycles. The summed E-state index contributed by atoms with van der Waals surface area (Å²) in [4.78, 5) is 11.3. The second-order valence-corrected chi connectivity index (χ2v) is 2.21. The summed E-state index contributed by atoms with van der Waals surface area (Å²) in [5.41, 5.74) is -0.00926. The van der Waals surface area contributed by atoms with Crippen LogP contribution in [0.25, 0.3) is 0 Å².